The fraction of sp³-hybridized carbons (Fsp3) is 0.318. The van der Waals surface area contributed by atoms with Crippen LogP contribution in [0.5, 0.6) is 0 Å². The number of anilines is 1. The van der Waals surface area contributed by atoms with Crippen LogP contribution in [0.2, 0.25) is 0 Å². The van der Waals surface area contributed by atoms with E-state index in [1.807, 2.05) is 12.1 Å². The van der Waals surface area contributed by atoms with Gasteiger partial charge in [-0.25, -0.2) is 4.79 Å². The summed E-state index contributed by atoms with van der Waals surface area (Å²) in [6.45, 7) is 4.40. The molecule has 2 aromatic carbocycles. The van der Waals surface area contributed by atoms with Crippen LogP contribution in [0.25, 0.3) is 0 Å². The number of fused-ring (bicyclic) bond motifs is 3. The second-order valence-corrected chi connectivity index (χ2v) is 7.33. The molecule has 0 radical (unpaired) electrons. The maximum absolute atomic E-state index is 11.7. The highest BCUT2D eigenvalue weighted by atomic mass is 16.4. The molecule has 0 bridgehead atoms. The third-order valence-corrected chi connectivity index (χ3v) is 5.58. The van der Waals surface area contributed by atoms with Gasteiger partial charge in [-0.15, -0.1) is 0 Å². The molecule has 1 aliphatic carbocycles. The molecule has 0 aromatic heterocycles. The van der Waals surface area contributed by atoms with Gasteiger partial charge in [0.05, 0.1) is 11.6 Å². The number of carboxylic acid groups (broad SMARTS) is 1. The Morgan fingerprint density at radius 1 is 1.12 bits per heavy atom. The normalized spacial score (nSPS) is 23.9. The van der Waals surface area contributed by atoms with Gasteiger partial charge in [0.15, 0.2) is 0 Å². The molecule has 2 N–H and O–H groups in total. The summed E-state index contributed by atoms with van der Waals surface area (Å²) in [7, 11) is 0. The molecule has 0 unspecified atom stereocenters. The summed E-state index contributed by atoms with van der Waals surface area (Å²) in [6.07, 6.45) is 5.51. The molecular weight excluding hydrogens is 310 g/mol. The molecule has 0 saturated heterocycles. The third-order valence-electron chi connectivity index (χ3n) is 5.58. The van der Waals surface area contributed by atoms with Gasteiger partial charge in [0.1, 0.15) is 0 Å². The number of carboxylic acids is 1. The van der Waals surface area contributed by atoms with Gasteiger partial charge in [-0.1, -0.05) is 62.4 Å². The largest absolute Gasteiger partial charge is 0.478 e. The van der Waals surface area contributed by atoms with Crippen LogP contribution >= 0.6 is 0 Å². The Kier molecular flexibility index (Phi) is 3.87. The van der Waals surface area contributed by atoms with E-state index < -0.39 is 5.97 Å². The lowest BCUT2D eigenvalue weighted by Crippen LogP contribution is -2.31. The van der Waals surface area contributed by atoms with Crippen LogP contribution in [0, 0.1) is 5.92 Å². The Bertz CT molecular complexity index is 853. The van der Waals surface area contributed by atoms with Crippen molar-refractivity contribution < 1.29 is 9.90 Å². The number of aromatic carboxylic acids is 1. The molecule has 2 aliphatic rings. The van der Waals surface area contributed by atoms with Gasteiger partial charge in [-0.2, -0.15) is 0 Å². The van der Waals surface area contributed by atoms with Gasteiger partial charge < -0.3 is 10.4 Å². The topological polar surface area (TPSA) is 49.3 Å². The summed E-state index contributed by atoms with van der Waals surface area (Å²) in [5.41, 5.74) is 5.12. The molecule has 4 rings (SSSR count). The van der Waals surface area contributed by atoms with Crippen molar-refractivity contribution >= 4 is 11.7 Å². The van der Waals surface area contributed by atoms with Crippen LogP contribution in [0.1, 0.15) is 65.2 Å². The van der Waals surface area contributed by atoms with Crippen LogP contribution in [-0.4, -0.2) is 11.1 Å². The quantitative estimate of drug-likeness (QED) is 0.746. The number of benzene rings is 2. The Morgan fingerprint density at radius 3 is 2.64 bits per heavy atom. The minimum atomic E-state index is -0.858. The van der Waals surface area contributed by atoms with E-state index in [0.29, 0.717) is 23.3 Å². The predicted molar refractivity (Wildman–Crippen MR) is 100 cm³/mol. The SMILES string of the molecule is CC(C)c1cccc2c1N[C@H](c1ccccc1C(=O)O)[C@@H]1CC=C[C@H]21. The highest BCUT2D eigenvalue weighted by Gasteiger charge is 2.39. The van der Waals surface area contributed by atoms with Crippen molar-refractivity contribution in [1.82, 2.24) is 0 Å². The zero-order valence-corrected chi connectivity index (χ0v) is 14.6. The first-order valence-electron chi connectivity index (χ1n) is 8.96. The van der Waals surface area contributed by atoms with E-state index >= 15 is 0 Å². The number of allylic oxidation sites excluding steroid dienone is 2. The summed E-state index contributed by atoms with van der Waals surface area (Å²) in [6, 6.07) is 13.9. The number of hydrogen-bond donors (Lipinski definition) is 2. The number of para-hydroxylation sites is 1. The fourth-order valence-electron chi connectivity index (χ4n) is 4.40. The molecule has 0 saturated carbocycles. The first-order chi connectivity index (χ1) is 12.1. The van der Waals surface area contributed by atoms with Gasteiger partial charge in [-0.3, -0.25) is 0 Å². The van der Waals surface area contributed by atoms with Crippen molar-refractivity contribution in [3.8, 4) is 0 Å². The molecule has 25 heavy (non-hydrogen) atoms. The summed E-state index contributed by atoms with van der Waals surface area (Å²) in [4.78, 5) is 11.7. The van der Waals surface area contributed by atoms with E-state index in [0.717, 1.165) is 12.0 Å². The van der Waals surface area contributed by atoms with Crippen LogP contribution in [-0.2, 0) is 0 Å². The standard InChI is InChI=1S/C22H23NO2/c1-13(2)14-9-5-11-16-15-10-6-12-17(15)21(23-20(14)16)18-7-3-4-8-19(18)22(24)25/h3-11,13,15,17,21,23H,12H2,1-2H3,(H,24,25)/t15-,17-,21+/m1/s1. The van der Waals surface area contributed by atoms with E-state index in [1.165, 1.54) is 16.8 Å². The summed E-state index contributed by atoms with van der Waals surface area (Å²) < 4.78 is 0. The summed E-state index contributed by atoms with van der Waals surface area (Å²) >= 11 is 0. The average Bonchev–Trinajstić information content (AvgIpc) is 3.10. The van der Waals surface area contributed by atoms with Crippen LogP contribution in [0.3, 0.4) is 0 Å². The highest BCUT2D eigenvalue weighted by molar-refractivity contribution is 5.90. The average molecular weight is 333 g/mol. The lowest BCUT2D eigenvalue weighted by Gasteiger charge is -2.39. The summed E-state index contributed by atoms with van der Waals surface area (Å²) in [5.74, 6) is 0.264. The van der Waals surface area contributed by atoms with E-state index in [1.54, 1.807) is 12.1 Å². The number of rotatable bonds is 3. The van der Waals surface area contributed by atoms with Gasteiger partial charge in [-0.05, 0) is 41.0 Å². The first-order valence-corrected chi connectivity index (χ1v) is 8.96. The summed E-state index contributed by atoms with van der Waals surface area (Å²) in [5, 5.41) is 13.4. The smallest absolute Gasteiger partial charge is 0.336 e. The minimum Gasteiger partial charge on any atom is -0.478 e. The predicted octanol–water partition coefficient (Wildman–Crippen LogP) is 5.33. The second-order valence-electron chi connectivity index (χ2n) is 7.33. The molecule has 128 valence electrons. The Labute approximate surface area is 148 Å². The second kappa shape index (κ2) is 6.07. The molecule has 3 nitrogen and oxygen atoms in total. The van der Waals surface area contributed by atoms with Crippen molar-refractivity contribution in [3.05, 3.63) is 76.9 Å². The molecule has 2 aromatic rings. The molecule has 0 fully saturated rings. The zero-order valence-electron chi connectivity index (χ0n) is 14.6. The lowest BCUT2D eigenvalue weighted by atomic mass is 9.75. The van der Waals surface area contributed by atoms with Crippen molar-refractivity contribution in [2.75, 3.05) is 5.32 Å². The Morgan fingerprint density at radius 2 is 1.88 bits per heavy atom. The minimum absolute atomic E-state index is 0.0136. The van der Waals surface area contributed by atoms with Gasteiger partial charge >= 0.3 is 5.97 Å². The maximum atomic E-state index is 11.7. The maximum Gasteiger partial charge on any atom is 0.336 e. The van der Waals surface area contributed by atoms with Crippen molar-refractivity contribution in [3.63, 3.8) is 0 Å². The molecule has 3 heteroatoms. The fourth-order valence-corrected chi connectivity index (χ4v) is 4.40. The van der Waals surface area contributed by atoms with Gasteiger partial charge in [0.2, 0.25) is 0 Å². The third kappa shape index (κ3) is 2.55. The Balaban J connectivity index is 1.86. The van der Waals surface area contributed by atoms with E-state index in [4.69, 9.17) is 0 Å². The molecular formula is C22H23NO2. The van der Waals surface area contributed by atoms with Crippen molar-refractivity contribution in [2.45, 2.75) is 38.1 Å². The van der Waals surface area contributed by atoms with Gasteiger partial charge in [0, 0.05) is 11.6 Å². The van der Waals surface area contributed by atoms with E-state index in [2.05, 4.69) is 49.5 Å². The molecule has 0 spiro atoms. The number of nitrogens with one attached hydrogen (secondary N) is 1. The number of carbonyl (C=O) groups is 1. The lowest BCUT2D eigenvalue weighted by molar-refractivity contribution is 0.0694. The van der Waals surface area contributed by atoms with Crippen molar-refractivity contribution in [1.29, 1.82) is 0 Å². The van der Waals surface area contributed by atoms with E-state index in [-0.39, 0.29) is 6.04 Å². The van der Waals surface area contributed by atoms with Crippen LogP contribution in [0.4, 0.5) is 5.69 Å². The van der Waals surface area contributed by atoms with Crippen molar-refractivity contribution in [2.24, 2.45) is 5.92 Å². The molecule has 1 heterocycles. The van der Waals surface area contributed by atoms with Crippen LogP contribution < -0.4 is 5.32 Å². The first kappa shape index (κ1) is 15.9. The monoisotopic (exact) mass is 333 g/mol. The zero-order chi connectivity index (χ0) is 17.6. The number of hydrogen-bond acceptors (Lipinski definition) is 2. The van der Waals surface area contributed by atoms with Crippen LogP contribution in [0.15, 0.2) is 54.6 Å². The van der Waals surface area contributed by atoms with E-state index in [9.17, 15) is 9.90 Å². The highest BCUT2D eigenvalue weighted by Crippen LogP contribution is 2.51. The molecule has 1 aliphatic heterocycles. The molecule has 3 atom stereocenters. The Hall–Kier alpha value is -2.55. The molecule has 0 amide bonds. The van der Waals surface area contributed by atoms with Gasteiger partial charge in [0.25, 0.3) is 0 Å².